The summed E-state index contributed by atoms with van der Waals surface area (Å²) in [6, 6.07) is 8.27. The molecule has 1 amide bonds. The van der Waals surface area contributed by atoms with Crippen molar-refractivity contribution >= 4 is 29.6 Å². The SMILES string of the molecule is C#C.CC.CC(C)(C)CC=O.COC1CCC2(C)C(CCC3(C)C2CCC2C4CCCC4(C(=O)NCc4ccc5occc5c4)CC[C@]23C)C1(C)C.O=CO. The van der Waals surface area contributed by atoms with E-state index in [1.54, 1.807) is 6.26 Å². The lowest BCUT2D eigenvalue weighted by Gasteiger charge is -2.72. The van der Waals surface area contributed by atoms with Crippen LogP contribution >= 0.6 is 0 Å². The van der Waals surface area contributed by atoms with Crippen LogP contribution < -0.4 is 5.32 Å². The molecule has 308 valence electrons. The van der Waals surface area contributed by atoms with Gasteiger partial charge in [0.15, 0.2) is 0 Å². The fourth-order valence-corrected chi connectivity index (χ4v) is 13.1. The first-order valence-corrected chi connectivity index (χ1v) is 21.1. The molecule has 1 aromatic heterocycles. The number of amides is 1. The molecule has 2 aromatic rings. The summed E-state index contributed by atoms with van der Waals surface area (Å²) in [6.07, 6.45) is 25.4. The maximum atomic E-state index is 14.2. The van der Waals surface area contributed by atoms with E-state index in [4.69, 9.17) is 19.1 Å². The van der Waals surface area contributed by atoms with Crippen molar-refractivity contribution in [2.24, 2.45) is 56.2 Å². The number of rotatable bonds is 5. The normalized spacial score (nSPS) is 35.3. The van der Waals surface area contributed by atoms with Gasteiger partial charge in [0.05, 0.1) is 17.8 Å². The molecular weight excluding hydrogens is 687 g/mol. The molecule has 0 spiro atoms. The molecule has 7 rings (SSSR count). The number of carbonyl (C=O) groups is 3. The smallest absolute Gasteiger partial charge is 0.290 e. The maximum Gasteiger partial charge on any atom is 0.290 e. The summed E-state index contributed by atoms with van der Waals surface area (Å²) in [5.74, 6) is 3.02. The molecule has 7 heteroatoms. The number of hydrogen-bond acceptors (Lipinski definition) is 5. The maximum absolute atomic E-state index is 14.2. The Balaban J connectivity index is 0.000000507. The van der Waals surface area contributed by atoms with Gasteiger partial charge in [-0.15, -0.1) is 12.8 Å². The van der Waals surface area contributed by atoms with Crippen LogP contribution in [0, 0.1) is 69.0 Å². The molecule has 1 heterocycles. The Bertz CT molecular complexity index is 1590. The van der Waals surface area contributed by atoms with Crippen LogP contribution in [0.2, 0.25) is 0 Å². The first-order chi connectivity index (χ1) is 26.0. The van der Waals surface area contributed by atoms with E-state index in [0.29, 0.717) is 53.1 Å². The number of hydrogen-bond donors (Lipinski definition) is 2. The summed E-state index contributed by atoms with van der Waals surface area (Å²) in [5.41, 5.74) is 3.35. The zero-order chi connectivity index (χ0) is 41.5. The molecule has 0 aliphatic heterocycles. The summed E-state index contributed by atoms with van der Waals surface area (Å²) in [6.45, 7) is 23.5. The van der Waals surface area contributed by atoms with E-state index < -0.39 is 0 Å². The molecule has 5 aliphatic rings. The minimum absolute atomic E-state index is 0.174. The van der Waals surface area contributed by atoms with Crippen molar-refractivity contribution in [3.05, 3.63) is 36.1 Å². The molecule has 5 fully saturated rings. The topological polar surface area (TPSA) is 106 Å². The Morgan fingerprint density at radius 3 is 2.16 bits per heavy atom. The summed E-state index contributed by atoms with van der Waals surface area (Å²) in [7, 11) is 1.93. The number of benzene rings is 1. The lowest BCUT2D eigenvalue weighted by atomic mass is 9.32. The number of ether oxygens (including phenoxy) is 1. The predicted octanol–water partition coefficient (Wildman–Crippen LogP) is 11.5. The highest BCUT2D eigenvalue weighted by Gasteiger charge is 2.70. The summed E-state index contributed by atoms with van der Waals surface area (Å²) < 4.78 is 11.6. The van der Waals surface area contributed by atoms with Gasteiger partial charge in [-0.2, -0.15) is 0 Å². The molecular formula is C48H75NO6. The summed E-state index contributed by atoms with van der Waals surface area (Å²) in [5, 5.41) is 11.4. The van der Waals surface area contributed by atoms with Gasteiger partial charge in [0.2, 0.25) is 5.91 Å². The van der Waals surface area contributed by atoms with Gasteiger partial charge in [-0.1, -0.05) is 81.7 Å². The van der Waals surface area contributed by atoms with Crippen LogP contribution in [0.1, 0.15) is 152 Å². The second kappa shape index (κ2) is 18.4. The van der Waals surface area contributed by atoms with Crippen molar-refractivity contribution in [1.82, 2.24) is 5.32 Å². The van der Waals surface area contributed by atoms with Gasteiger partial charge in [0, 0.05) is 25.5 Å². The van der Waals surface area contributed by atoms with E-state index in [1.165, 1.54) is 57.8 Å². The van der Waals surface area contributed by atoms with Crippen LogP contribution in [-0.2, 0) is 25.7 Å². The lowest BCUT2D eigenvalue weighted by Crippen LogP contribution is -2.67. The molecule has 0 bridgehead atoms. The van der Waals surface area contributed by atoms with Gasteiger partial charge in [-0.3, -0.25) is 9.59 Å². The second-order valence-electron chi connectivity index (χ2n) is 19.4. The van der Waals surface area contributed by atoms with Crippen LogP contribution in [-0.4, -0.2) is 37.0 Å². The molecule has 55 heavy (non-hydrogen) atoms. The molecule has 0 radical (unpaired) electrons. The van der Waals surface area contributed by atoms with E-state index in [9.17, 15) is 9.59 Å². The molecule has 5 saturated carbocycles. The van der Waals surface area contributed by atoms with Crippen LogP contribution in [0.15, 0.2) is 34.9 Å². The Labute approximate surface area is 333 Å². The number of methoxy groups -OCH3 is 1. The van der Waals surface area contributed by atoms with Gasteiger partial charge in [-0.25, -0.2) is 0 Å². The van der Waals surface area contributed by atoms with Crippen molar-refractivity contribution < 1.29 is 28.6 Å². The Hall–Kier alpha value is -3.11. The molecule has 9 atom stereocenters. The largest absolute Gasteiger partial charge is 0.483 e. The van der Waals surface area contributed by atoms with Crippen LogP contribution in [0.5, 0.6) is 0 Å². The standard InChI is InChI=1S/C37H53NO3.C6H12O.C2H6.C2H2.CH2O2/c1-33(2)29-13-18-36(5)30(34(29,3)17-14-31(33)40-6)12-10-26-27-8-7-16-37(27,20-19-35(26,36)4)32(39)38-23-24-9-11-28-25(22-24)15-21-41-28;1-6(2,3)4-5-7;2*1-2;2-1-3/h9,11,15,21-22,26-27,29-31H,7-8,10,12-14,16-20,23H2,1-6H3,(H,38,39);5H,4H2,1-3H3;1-2H3;1-2H;1H,(H,2,3)/t26?,27?,29?,30?,31?,34?,35-,36?,37?;;;;/m1..../s1. The van der Waals surface area contributed by atoms with E-state index >= 15 is 0 Å². The summed E-state index contributed by atoms with van der Waals surface area (Å²) in [4.78, 5) is 32.3. The fraction of sp³-hybridized carbons (Fsp3) is 0.729. The lowest BCUT2D eigenvalue weighted by molar-refractivity contribution is -0.246. The quantitative estimate of drug-likeness (QED) is 0.232. The van der Waals surface area contributed by atoms with Gasteiger partial charge >= 0.3 is 0 Å². The average Bonchev–Trinajstić information content (AvgIpc) is 3.80. The van der Waals surface area contributed by atoms with Crippen molar-refractivity contribution in [3.63, 3.8) is 0 Å². The number of fused-ring (bicyclic) bond motifs is 8. The number of furan rings is 1. The first-order valence-electron chi connectivity index (χ1n) is 21.1. The third kappa shape index (κ3) is 8.61. The molecule has 1 aromatic carbocycles. The third-order valence-corrected chi connectivity index (χ3v) is 15.7. The predicted molar refractivity (Wildman–Crippen MR) is 224 cm³/mol. The molecule has 0 saturated heterocycles. The highest BCUT2D eigenvalue weighted by Crippen LogP contribution is 2.76. The Morgan fingerprint density at radius 2 is 1.56 bits per heavy atom. The monoisotopic (exact) mass is 762 g/mol. The van der Waals surface area contributed by atoms with E-state index in [0.717, 1.165) is 47.5 Å². The number of aldehydes is 1. The molecule has 7 nitrogen and oxygen atoms in total. The van der Waals surface area contributed by atoms with Crippen LogP contribution in [0.25, 0.3) is 11.0 Å². The first kappa shape index (κ1) is 46.3. The second-order valence-corrected chi connectivity index (χ2v) is 19.4. The highest BCUT2D eigenvalue weighted by atomic mass is 16.5. The number of nitrogens with one attached hydrogen (secondary N) is 1. The minimum Gasteiger partial charge on any atom is -0.483 e. The minimum atomic E-state index is -0.250. The molecule has 2 N–H and O–H groups in total. The van der Waals surface area contributed by atoms with E-state index in [1.807, 2.05) is 53.9 Å². The number of terminal acetylenes is 1. The van der Waals surface area contributed by atoms with Gasteiger partial charge < -0.3 is 24.4 Å². The van der Waals surface area contributed by atoms with E-state index in [2.05, 4.69) is 64.9 Å². The highest BCUT2D eigenvalue weighted by molar-refractivity contribution is 5.84. The van der Waals surface area contributed by atoms with Crippen molar-refractivity contribution in [2.45, 2.75) is 159 Å². The number of carboxylic acid groups (broad SMARTS) is 1. The van der Waals surface area contributed by atoms with E-state index in [-0.39, 0.29) is 22.7 Å². The molecule has 5 aliphatic carbocycles. The van der Waals surface area contributed by atoms with Crippen molar-refractivity contribution in [3.8, 4) is 12.8 Å². The average molecular weight is 762 g/mol. The van der Waals surface area contributed by atoms with Crippen LogP contribution in [0.4, 0.5) is 0 Å². The third-order valence-electron chi connectivity index (χ3n) is 15.7. The zero-order valence-corrected chi connectivity index (χ0v) is 36.3. The van der Waals surface area contributed by atoms with Crippen molar-refractivity contribution in [2.75, 3.05) is 7.11 Å². The summed E-state index contributed by atoms with van der Waals surface area (Å²) >= 11 is 0. The Morgan fingerprint density at radius 1 is 0.891 bits per heavy atom. The fourth-order valence-electron chi connectivity index (χ4n) is 13.1. The van der Waals surface area contributed by atoms with Crippen molar-refractivity contribution in [1.29, 1.82) is 0 Å². The Kier molecular flexibility index (Phi) is 15.5. The number of carbonyl (C=O) groups excluding carboxylic acids is 2. The van der Waals surface area contributed by atoms with Gasteiger partial charge in [-0.05, 0) is 139 Å². The van der Waals surface area contributed by atoms with Crippen LogP contribution in [0.3, 0.4) is 0 Å². The zero-order valence-electron chi connectivity index (χ0n) is 36.3. The molecule has 8 unspecified atom stereocenters. The van der Waals surface area contributed by atoms with Gasteiger partial charge in [0.1, 0.15) is 11.9 Å². The van der Waals surface area contributed by atoms with Gasteiger partial charge in [0.25, 0.3) is 6.47 Å².